The van der Waals surface area contributed by atoms with E-state index in [0.717, 1.165) is 11.6 Å². The molecule has 0 aromatic carbocycles. The fourth-order valence-electron chi connectivity index (χ4n) is 1.22. The first-order valence-electron chi connectivity index (χ1n) is 5.44. The Labute approximate surface area is 98.9 Å². The second kappa shape index (κ2) is 7.22. The molecule has 1 atom stereocenters. The van der Waals surface area contributed by atoms with Crippen LogP contribution in [-0.2, 0) is 10.8 Å². The lowest BCUT2D eigenvalue weighted by Gasteiger charge is -2.10. The summed E-state index contributed by atoms with van der Waals surface area (Å²) in [5.74, 6) is 2.80. The van der Waals surface area contributed by atoms with E-state index >= 15 is 0 Å². The van der Waals surface area contributed by atoms with Crippen molar-refractivity contribution in [3.05, 3.63) is 18.3 Å². The molecule has 1 N–H and O–H groups in total. The minimum atomic E-state index is -0.742. The molecule has 0 aliphatic heterocycles. The van der Waals surface area contributed by atoms with Gasteiger partial charge in [0, 0.05) is 35.0 Å². The Balaban J connectivity index is 2.49. The molecule has 90 valence electrons. The van der Waals surface area contributed by atoms with Gasteiger partial charge in [0.1, 0.15) is 0 Å². The van der Waals surface area contributed by atoms with Gasteiger partial charge in [0.25, 0.3) is 0 Å². The average molecular weight is 242 g/mol. The van der Waals surface area contributed by atoms with Crippen LogP contribution in [0.2, 0.25) is 0 Å². The van der Waals surface area contributed by atoms with Gasteiger partial charge in [-0.05, 0) is 19.1 Å². The van der Waals surface area contributed by atoms with Crippen molar-refractivity contribution in [2.75, 3.05) is 30.0 Å². The van der Waals surface area contributed by atoms with Gasteiger partial charge in [0.2, 0.25) is 0 Å². The van der Waals surface area contributed by atoms with E-state index in [1.54, 1.807) is 6.20 Å². The van der Waals surface area contributed by atoms with Crippen LogP contribution in [-0.4, -0.2) is 33.9 Å². The first-order chi connectivity index (χ1) is 7.77. The molecule has 0 amide bonds. The van der Waals surface area contributed by atoms with E-state index < -0.39 is 10.8 Å². The summed E-state index contributed by atoms with van der Waals surface area (Å²) >= 11 is 0. The van der Waals surface area contributed by atoms with E-state index in [0.29, 0.717) is 24.7 Å². The topological polar surface area (TPSA) is 51.2 Å². The number of pyridine rings is 1. The lowest BCUT2D eigenvalue weighted by Crippen LogP contribution is -2.13. The summed E-state index contributed by atoms with van der Waals surface area (Å²) in [6.45, 7) is 5.12. The van der Waals surface area contributed by atoms with Crippen LogP contribution in [0.5, 0.6) is 5.75 Å². The Morgan fingerprint density at radius 3 is 3.00 bits per heavy atom. The zero-order chi connectivity index (χ0) is 11.8. The molecule has 1 aromatic rings. The second-order valence-electron chi connectivity index (χ2n) is 3.14. The van der Waals surface area contributed by atoms with Crippen LogP contribution in [0, 0.1) is 0 Å². The zero-order valence-corrected chi connectivity index (χ0v) is 10.5. The van der Waals surface area contributed by atoms with Crippen LogP contribution in [0.15, 0.2) is 18.3 Å². The molecule has 0 aliphatic carbocycles. The smallest absolute Gasteiger partial charge is 0.168 e. The highest BCUT2D eigenvalue weighted by Crippen LogP contribution is 2.20. The third-order valence-corrected chi connectivity index (χ3v) is 3.32. The summed E-state index contributed by atoms with van der Waals surface area (Å²) in [4.78, 5) is 4.18. The highest BCUT2D eigenvalue weighted by atomic mass is 32.2. The standard InChI is InChI=1S/C11H18N2O2S/c1-3-15-10-6-5-7-12-11(10)13-8-9-16(14)4-2/h5-7H,3-4,8-9H2,1-2H3,(H,12,13). The molecule has 0 aliphatic rings. The molecular weight excluding hydrogens is 224 g/mol. The molecule has 0 spiro atoms. The van der Waals surface area contributed by atoms with E-state index in [-0.39, 0.29) is 0 Å². The van der Waals surface area contributed by atoms with Crippen LogP contribution in [0.25, 0.3) is 0 Å². The SMILES string of the molecule is CCOc1cccnc1NCCS(=O)CC. The first kappa shape index (κ1) is 13.0. The van der Waals surface area contributed by atoms with Crippen molar-refractivity contribution < 1.29 is 8.95 Å². The molecule has 0 fully saturated rings. The number of hydrogen-bond acceptors (Lipinski definition) is 4. The second-order valence-corrected chi connectivity index (χ2v) is 5.01. The Hall–Kier alpha value is -1.10. The number of aromatic nitrogens is 1. The monoisotopic (exact) mass is 242 g/mol. The number of hydrogen-bond donors (Lipinski definition) is 1. The van der Waals surface area contributed by atoms with E-state index in [1.807, 2.05) is 26.0 Å². The third kappa shape index (κ3) is 4.18. The number of rotatable bonds is 7. The van der Waals surface area contributed by atoms with Gasteiger partial charge in [-0.1, -0.05) is 6.92 Å². The molecule has 5 heteroatoms. The number of nitrogens with zero attached hydrogens (tertiary/aromatic N) is 1. The maximum Gasteiger partial charge on any atom is 0.168 e. The maximum atomic E-state index is 11.2. The van der Waals surface area contributed by atoms with Crippen molar-refractivity contribution in [3.8, 4) is 5.75 Å². The van der Waals surface area contributed by atoms with Crippen LogP contribution >= 0.6 is 0 Å². The van der Waals surface area contributed by atoms with Gasteiger partial charge in [0.05, 0.1) is 6.61 Å². The lowest BCUT2D eigenvalue weighted by molar-refractivity contribution is 0.340. The minimum absolute atomic E-state index is 0.612. The minimum Gasteiger partial charge on any atom is -0.490 e. The van der Waals surface area contributed by atoms with Gasteiger partial charge in [-0.2, -0.15) is 0 Å². The molecule has 1 rings (SSSR count). The van der Waals surface area contributed by atoms with Crippen molar-refractivity contribution in [3.63, 3.8) is 0 Å². The number of anilines is 1. The molecule has 0 radical (unpaired) electrons. The summed E-state index contributed by atoms with van der Waals surface area (Å²) < 4.78 is 16.7. The molecule has 0 saturated carbocycles. The van der Waals surface area contributed by atoms with Gasteiger partial charge in [-0.25, -0.2) is 4.98 Å². The predicted octanol–water partition coefficient (Wildman–Crippen LogP) is 1.66. The van der Waals surface area contributed by atoms with Gasteiger partial charge in [-0.15, -0.1) is 0 Å². The quantitative estimate of drug-likeness (QED) is 0.790. The number of nitrogens with one attached hydrogen (secondary N) is 1. The molecule has 1 heterocycles. The summed E-state index contributed by atoms with van der Waals surface area (Å²) in [5, 5.41) is 3.13. The van der Waals surface area contributed by atoms with Crippen molar-refractivity contribution >= 4 is 16.6 Å². The Morgan fingerprint density at radius 1 is 1.50 bits per heavy atom. The van der Waals surface area contributed by atoms with E-state index in [1.165, 1.54) is 0 Å². The Morgan fingerprint density at radius 2 is 2.31 bits per heavy atom. The van der Waals surface area contributed by atoms with Gasteiger partial charge in [0.15, 0.2) is 11.6 Å². The fraction of sp³-hybridized carbons (Fsp3) is 0.545. The normalized spacial score (nSPS) is 12.1. The van der Waals surface area contributed by atoms with Crippen molar-refractivity contribution in [1.82, 2.24) is 4.98 Å². The first-order valence-corrected chi connectivity index (χ1v) is 6.93. The largest absolute Gasteiger partial charge is 0.490 e. The maximum absolute atomic E-state index is 11.2. The highest BCUT2D eigenvalue weighted by molar-refractivity contribution is 7.84. The Kier molecular flexibility index (Phi) is 5.85. The molecule has 0 bridgehead atoms. The third-order valence-electron chi connectivity index (χ3n) is 2.01. The molecule has 0 saturated heterocycles. The van der Waals surface area contributed by atoms with E-state index in [4.69, 9.17) is 4.74 Å². The average Bonchev–Trinajstić information content (AvgIpc) is 2.31. The van der Waals surface area contributed by atoms with Gasteiger partial charge < -0.3 is 10.1 Å². The molecule has 4 nitrogen and oxygen atoms in total. The zero-order valence-electron chi connectivity index (χ0n) is 9.73. The van der Waals surface area contributed by atoms with E-state index in [2.05, 4.69) is 10.3 Å². The van der Waals surface area contributed by atoms with Crippen LogP contribution in [0.1, 0.15) is 13.8 Å². The Bertz CT molecular complexity index is 345. The summed E-state index contributed by atoms with van der Waals surface area (Å²) in [7, 11) is -0.742. The van der Waals surface area contributed by atoms with E-state index in [9.17, 15) is 4.21 Å². The van der Waals surface area contributed by atoms with Gasteiger partial charge in [-0.3, -0.25) is 4.21 Å². The highest BCUT2D eigenvalue weighted by Gasteiger charge is 2.03. The summed E-state index contributed by atoms with van der Waals surface area (Å²) in [6, 6.07) is 3.70. The summed E-state index contributed by atoms with van der Waals surface area (Å²) in [6.07, 6.45) is 1.71. The lowest BCUT2D eigenvalue weighted by atomic mass is 10.4. The van der Waals surface area contributed by atoms with Crippen LogP contribution in [0.4, 0.5) is 5.82 Å². The predicted molar refractivity (Wildman–Crippen MR) is 67.4 cm³/mol. The van der Waals surface area contributed by atoms with Crippen LogP contribution in [0.3, 0.4) is 0 Å². The van der Waals surface area contributed by atoms with Crippen molar-refractivity contribution in [2.45, 2.75) is 13.8 Å². The summed E-state index contributed by atoms with van der Waals surface area (Å²) in [5.41, 5.74) is 0. The van der Waals surface area contributed by atoms with Crippen molar-refractivity contribution in [2.24, 2.45) is 0 Å². The van der Waals surface area contributed by atoms with Crippen LogP contribution < -0.4 is 10.1 Å². The molecule has 16 heavy (non-hydrogen) atoms. The molecule has 1 aromatic heterocycles. The van der Waals surface area contributed by atoms with Gasteiger partial charge >= 0.3 is 0 Å². The fourth-order valence-corrected chi connectivity index (χ4v) is 1.84. The number of ether oxygens (including phenoxy) is 1. The molecular formula is C11H18N2O2S. The molecule has 1 unspecified atom stereocenters. The van der Waals surface area contributed by atoms with Crippen molar-refractivity contribution in [1.29, 1.82) is 0 Å².